The van der Waals surface area contributed by atoms with Crippen molar-refractivity contribution in [1.29, 1.82) is 0 Å². The summed E-state index contributed by atoms with van der Waals surface area (Å²) in [5.74, 6) is -1.55. The molecule has 0 aliphatic carbocycles. The van der Waals surface area contributed by atoms with Gasteiger partial charge in [0.15, 0.2) is 6.61 Å². The first-order valence-corrected chi connectivity index (χ1v) is 13.5. The van der Waals surface area contributed by atoms with Crippen LogP contribution >= 0.6 is 0 Å². The molecule has 1 aliphatic heterocycles. The monoisotopic (exact) mass is 576 g/mol. The summed E-state index contributed by atoms with van der Waals surface area (Å²) in [5.41, 5.74) is -1.06. The molecule has 3 aromatic rings. The molecule has 2 atom stereocenters. The maximum Gasteiger partial charge on any atom is 0.388 e. The van der Waals surface area contributed by atoms with Gasteiger partial charge in [0.1, 0.15) is 5.82 Å². The van der Waals surface area contributed by atoms with E-state index in [1.54, 1.807) is 12.1 Å². The minimum Gasteiger partial charge on any atom is -0.476 e. The van der Waals surface area contributed by atoms with E-state index < -0.39 is 54.5 Å². The Kier molecular flexibility index (Phi) is 8.00. The summed E-state index contributed by atoms with van der Waals surface area (Å²) in [6, 6.07) is 9.60. The van der Waals surface area contributed by atoms with E-state index in [9.17, 15) is 42.4 Å². The number of carbonyl (C=O) groups excluding carboxylic acids is 1. The van der Waals surface area contributed by atoms with Crippen LogP contribution in [0.15, 0.2) is 53.4 Å². The van der Waals surface area contributed by atoms with E-state index in [0.717, 1.165) is 29.8 Å². The third-order valence-corrected chi connectivity index (χ3v) is 7.62. The zero-order chi connectivity index (χ0) is 29.4. The number of hydrogen-bond donors (Lipinski definition) is 1. The number of rotatable bonds is 8. The number of halogens is 1. The van der Waals surface area contributed by atoms with Gasteiger partial charge in [-0.2, -0.15) is 8.42 Å². The normalized spacial score (nSPS) is 18.1. The second-order valence-corrected chi connectivity index (χ2v) is 11.0. The molecule has 0 aromatic heterocycles. The minimum absolute atomic E-state index is 0.0311. The molecule has 1 aliphatic rings. The Labute approximate surface area is 227 Å². The van der Waals surface area contributed by atoms with Gasteiger partial charge >= 0.3 is 11.4 Å². The molecule has 3 aromatic carbocycles. The van der Waals surface area contributed by atoms with Crippen LogP contribution in [0.4, 0.5) is 15.8 Å². The van der Waals surface area contributed by atoms with Crippen molar-refractivity contribution in [2.24, 2.45) is 0 Å². The van der Waals surface area contributed by atoms with E-state index >= 15 is 0 Å². The first kappa shape index (κ1) is 28.8. The Morgan fingerprint density at radius 3 is 2.33 bits per heavy atom. The number of hydrogen-bond acceptors (Lipinski definition) is 9. The summed E-state index contributed by atoms with van der Waals surface area (Å²) in [7, 11) is -4.72. The maximum absolute atomic E-state index is 13.3. The second kappa shape index (κ2) is 11.1. The Morgan fingerprint density at radius 2 is 1.73 bits per heavy atom. The van der Waals surface area contributed by atoms with Crippen LogP contribution in [0.3, 0.4) is 0 Å². The zero-order valence-electron chi connectivity index (χ0n) is 21.4. The summed E-state index contributed by atoms with van der Waals surface area (Å²) < 4.78 is 51.6. The Morgan fingerprint density at radius 1 is 1.05 bits per heavy atom. The molecular weight excluding hydrogens is 551 g/mol. The molecular formula is C25H25FN4O9S. The quantitative estimate of drug-likeness (QED) is 0.237. The van der Waals surface area contributed by atoms with E-state index in [-0.39, 0.29) is 35.2 Å². The number of benzene rings is 3. The molecule has 1 heterocycles. The van der Waals surface area contributed by atoms with Crippen LogP contribution in [0.25, 0.3) is 10.8 Å². The van der Waals surface area contributed by atoms with Crippen molar-refractivity contribution in [3.63, 3.8) is 0 Å². The van der Waals surface area contributed by atoms with E-state index in [1.165, 1.54) is 17.0 Å². The number of amides is 1. The molecule has 15 heteroatoms. The minimum atomic E-state index is -4.72. The smallest absolute Gasteiger partial charge is 0.388 e. The second-order valence-electron chi connectivity index (χ2n) is 9.53. The van der Waals surface area contributed by atoms with Crippen LogP contribution in [0, 0.1) is 26.0 Å². The number of ether oxygens (including phenoxy) is 1. The van der Waals surface area contributed by atoms with Gasteiger partial charge in [-0.1, -0.05) is 18.2 Å². The number of nitro groups is 2. The third kappa shape index (κ3) is 6.00. The lowest BCUT2D eigenvalue weighted by molar-refractivity contribution is -0.422. The van der Waals surface area contributed by atoms with E-state index in [0.29, 0.717) is 13.1 Å². The zero-order valence-corrected chi connectivity index (χ0v) is 22.2. The van der Waals surface area contributed by atoms with Crippen LogP contribution in [0.5, 0.6) is 5.75 Å². The van der Waals surface area contributed by atoms with Crippen LogP contribution in [-0.2, 0) is 21.5 Å². The van der Waals surface area contributed by atoms with Gasteiger partial charge in [0.2, 0.25) is 5.75 Å². The molecule has 40 heavy (non-hydrogen) atoms. The van der Waals surface area contributed by atoms with Gasteiger partial charge in [0.05, 0.1) is 14.7 Å². The highest BCUT2D eigenvalue weighted by atomic mass is 32.2. The predicted molar refractivity (Wildman–Crippen MR) is 140 cm³/mol. The fourth-order valence-electron chi connectivity index (χ4n) is 4.75. The van der Waals surface area contributed by atoms with Crippen LogP contribution in [0.1, 0.15) is 19.4 Å². The van der Waals surface area contributed by atoms with Crippen molar-refractivity contribution in [3.8, 4) is 5.75 Å². The largest absolute Gasteiger partial charge is 0.476 e. The van der Waals surface area contributed by atoms with Crippen LogP contribution in [0.2, 0.25) is 0 Å². The number of nitro benzene ring substituents is 2. The van der Waals surface area contributed by atoms with Crippen molar-refractivity contribution in [3.05, 3.63) is 80.1 Å². The lowest BCUT2D eigenvalue weighted by Gasteiger charge is -2.44. The highest BCUT2D eigenvalue weighted by Gasteiger charge is 2.35. The lowest BCUT2D eigenvalue weighted by Crippen LogP contribution is -2.58. The molecule has 1 amide bonds. The standard InChI is InChI=1S/C25H25FN4O9S/c1-15-12-28(16(2)11-27(15)13-17-3-6-19(26)7-4-17)23(31)14-39-25-21-10-20(40(36,37)38)8-5-18(21)9-22(29(32)33)24(25)30(34)35/h3-10,15-16H,11-14H2,1-2H3,(H,36,37,38)/t15-,16+/m1/s1. The molecule has 4 rings (SSSR count). The first-order chi connectivity index (χ1) is 18.8. The third-order valence-electron chi connectivity index (χ3n) is 6.77. The van der Waals surface area contributed by atoms with Crippen LogP contribution < -0.4 is 4.74 Å². The summed E-state index contributed by atoms with van der Waals surface area (Å²) in [6.45, 7) is 4.29. The highest BCUT2D eigenvalue weighted by molar-refractivity contribution is 7.85. The lowest BCUT2D eigenvalue weighted by atomic mass is 10.1. The van der Waals surface area contributed by atoms with Gasteiger partial charge in [-0.05, 0) is 49.1 Å². The van der Waals surface area contributed by atoms with E-state index in [4.69, 9.17) is 4.74 Å². The van der Waals surface area contributed by atoms with Gasteiger partial charge < -0.3 is 9.64 Å². The Balaban J connectivity index is 1.60. The molecule has 13 nitrogen and oxygen atoms in total. The molecule has 0 unspecified atom stereocenters. The van der Waals surface area contributed by atoms with Gasteiger partial charge in [-0.25, -0.2) is 4.39 Å². The molecule has 1 N–H and O–H groups in total. The first-order valence-electron chi connectivity index (χ1n) is 12.0. The number of carbonyl (C=O) groups is 1. The summed E-state index contributed by atoms with van der Waals surface area (Å²) in [5, 5.41) is 23.3. The fraction of sp³-hybridized carbons (Fsp3) is 0.320. The Hall–Kier alpha value is -4.21. The average Bonchev–Trinajstić information content (AvgIpc) is 2.88. The molecule has 1 saturated heterocycles. The SMILES string of the molecule is C[C@@H]1CN(C(=O)COc2c([N+](=O)[O-])c([N+](=O)[O-])cc3ccc(S(=O)(=O)O)cc23)[C@@H](C)CN1Cc1ccc(F)cc1. The van der Waals surface area contributed by atoms with E-state index in [2.05, 4.69) is 4.90 Å². The van der Waals surface area contributed by atoms with Gasteiger partial charge in [0.25, 0.3) is 16.0 Å². The topological polar surface area (TPSA) is 173 Å². The predicted octanol–water partition coefficient (Wildman–Crippen LogP) is 3.54. The number of fused-ring (bicyclic) bond motifs is 1. The van der Waals surface area contributed by atoms with Crippen LogP contribution in [-0.4, -0.2) is 70.3 Å². The van der Waals surface area contributed by atoms with E-state index in [1.807, 2.05) is 13.8 Å². The van der Waals surface area contributed by atoms with Gasteiger partial charge in [-0.15, -0.1) is 0 Å². The fourth-order valence-corrected chi connectivity index (χ4v) is 5.25. The molecule has 0 radical (unpaired) electrons. The maximum atomic E-state index is 13.3. The number of piperazine rings is 1. The van der Waals surface area contributed by atoms with Crippen molar-refractivity contribution in [2.75, 3.05) is 19.7 Å². The molecule has 1 fully saturated rings. The molecule has 212 valence electrons. The molecule has 0 saturated carbocycles. The number of nitrogens with zero attached hydrogens (tertiary/aromatic N) is 4. The van der Waals surface area contributed by atoms with Crippen molar-refractivity contribution in [2.45, 2.75) is 37.4 Å². The van der Waals surface area contributed by atoms with Crippen molar-refractivity contribution < 1.29 is 36.7 Å². The van der Waals surface area contributed by atoms with Gasteiger partial charge in [0, 0.05) is 43.2 Å². The van der Waals surface area contributed by atoms with Crippen molar-refractivity contribution >= 4 is 38.2 Å². The van der Waals surface area contributed by atoms with Gasteiger partial charge in [-0.3, -0.25) is 34.5 Å². The summed E-state index contributed by atoms with van der Waals surface area (Å²) in [4.78, 5) is 37.7. The summed E-state index contributed by atoms with van der Waals surface area (Å²) >= 11 is 0. The summed E-state index contributed by atoms with van der Waals surface area (Å²) in [6.07, 6.45) is 0. The molecule has 0 bridgehead atoms. The molecule has 0 spiro atoms. The Bertz CT molecular complexity index is 1600. The average molecular weight is 577 g/mol. The van der Waals surface area contributed by atoms with Crippen molar-refractivity contribution in [1.82, 2.24) is 9.80 Å². The highest BCUT2D eigenvalue weighted by Crippen LogP contribution is 2.43.